The number of rotatable bonds is 15. The molecule has 2 amide bonds. The van der Waals surface area contributed by atoms with Crippen molar-refractivity contribution in [3.05, 3.63) is 71.8 Å². The van der Waals surface area contributed by atoms with Crippen molar-refractivity contribution in [3.63, 3.8) is 0 Å². The Morgan fingerprint density at radius 3 is 1.18 bits per heavy atom. The highest BCUT2D eigenvalue weighted by molar-refractivity contribution is 5.76. The number of unbranched alkanes of at least 4 members (excludes halogenated alkanes) is 7. The lowest BCUT2D eigenvalue weighted by atomic mass is 9.90. The van der Waals surface area contributed by atoms with Crippen molar-refractivity contribution < 1.29 is 9.59 Å². The van der Waals surface area contributed by atoms with Gasteiger partial charge in [0.1, 0.15) is 0 Å². The summed E-state index contributed by atoms with van der Waals surface area (Å²) in [7, 11) is 0. The highest BCUT2D eigenvalue weighted by atomic mass is 16.2. The Bertz CT molecular complexity index is 895. The third-order valence-corrected chi connectivity index (χ3v) is 9.20. The van der Waals surface area contributed by atoms with E-state index in [1.807, 2.05) is 0 Å². The van der Waals surface area contributed by atoms with Crippen LogP contribution >= 0.6 is 0 Å². The van der Waals surface area contributed by atoms with Crippen molar-refractivity contribution in [2.75, 3.05) is 26.2 Å². The van der Waals surface area contributed by atoms with Gasteiger partial charge in [-0.05, 0) is 74.3 Å². The molecule has 4 heteroatoms. The molecule has 2 heterocycles. The van der Waals surface area contributed by atoms with Gasteiger partial charge in [-0.15, -0.1) is 0 Å². The summed E-state index contributed by atoms with van der Waals surface area (Å²) in [6, 6.07) is 21.5. The SMILES string of the molecule is O=C(CCCCCCCCCCC(=O)N1CCC(Cc2ccccc2)CC1)N1CCC(Cc2ccccc2)CC1. The van der Waals surface area contributed by atoms with E-state index in [9.17, 15) is 9.59 Å². The number of hydrogen-bond donors (Lipinski definition) is 0. The first-order valence-electron chi connectivity index (χ1n) is 16.3. The van der Waals surface area contributed by atoms with Gasteiger partial charge in [-0.25, -0.2) is 0 Å². The summed E-state index contributed by atoms with van der Waals surface area (Å²) in [6.07, 6.45) is 17.6. The van der Waals surface area contributed by atoms with Gasteiger partial charge in [0.05, 0.1) is 0 Å². The predicted octanol–water partition coefficient (Wildman–Crippen LogP) is 7.85. The van der Waals surface area contributed by atoms with Crippen LogP contribution in [0.2, 0.25) is 0 Å². The molecule has 0 aromatic heterocycles. The fourth-order valence-corrected chi connectivity index (χ4v) is 6.60. The van der Waals surface area contributed by atoms with Crippen molar-refractivity contribution >= 4 is 11.8 Å². The summed E-state index contributed by atoms with van der Waals surface area (Å²) in [5.41, 5.74) is 2.84. The number of hydrogen-bond acceptors (Lipinski definition) is 2. The molecule has 4 rings (SSSR count). The molecule has 218 valence electrons. The summed E-state index contributed by atoms with van der Waals surface area (Å²) in [6.45, 7) is 3.74. The predicted molar refractivity (Wildman–Crippen MR) is 165 cm³/mol. The van der Waals surface area contributed by atoms with E-state index in [2.05, 4.69) is 70.5 Å². The van der Waals surface area contributed by atoms with Gasteiger partial charge in [-0.1, -0.05) is 99.2 Å². The number of likely N-dealkylation sites (tertiary alicyclic amines) is 2. The molecule has 0 radical (unpaired) electrons. The Morgan fingerprint density at radius 2 is 0.825 bits per heavy atom. The van der Waals surface area contributed by atoms with Gasteiger partial charge in [0.25, 0.3) is 0 Å². The van der Waals surface area contributed by atoms with E-state index >= 15 is 0 Å². The molecule has 2 aliphatic heterocycles. The van der Waals surface area contributed by atoms with E-state index in [4.69, 9.17) is 0 Å². The first kappa shape index (κ1) is 30.3. The monoisotopic (exact) mass is 544 g/mol. The second-order valence-corrected chi connectivity index (χ2v) is 12.4. The molecule has 0 bridgehead atoms. The van der Waals surface area contributed by atoms with Gasteiger partial charge in [-0.2, -0.15) is 0 Å². The first-order chi connectivity index (χ1) is 19.7. The van der Waals surface area contributed by atoms with Crippen LogP contribution in [-0.4, -0.2) is 47.8 Å². The van der Waals surface area contributed by atoms with Gasteiger partial charge < -0.3 is 9.80 Å². The molecule has 2 aromatic carbocycles. The van der Waals surface area contributed by atoms with Crippen LogP contribution in [0.1, 0.15) is 101 Å². The van der Waals surface area contributed by atoms with Gasteiger partial charge in [0.15, 0.2) is 0 Å². The minimum Gasteiger partial charge on any atom is -0.343 e. The van der Waals surface area contributed by atoms with Gasteiger partial charge in [-0.3, -0.25) is 9.59 Å². The van der Waals surface area contributed by atoms with Crippen molar-refractivity contribution in [2.24, 2.45) is 11.8 Å². The van der Waals surface area contributed by atoms with Crippen LogP contribution in [0, 0.1) is 11.8 Å². The van der Waals surface area contributed by atoms with Gasteiger partial charge in [0.2, 0.25) is 11.8 Å². The molecule has 0 spiro atoms. The molecule has 0 unspecified atom stereocenters. The second-order valence-electron chi connectivity index (χ2n) is 12.4. The van der Waals surface area contributed by atoms with Crippen molar-refractivity contribution in [3.8, 4) is 0 Å². The van der Waals surface area contributed by atoms with Gasteiger partial charge in [0, 0.05) is 39.0 Å². The minimum absolute atomic E-state index is 0.364. The molecule has 0 aliphatic carbocycles. The lowest BCUT2D eigenvalue weighted by molar-refractivity contribution is -0.133. The molecular formula is C36H52N2O2. The summed E-state index contributed by atoms with van der Waals surface area (Å²) >= 11 is 0. The molecule has 2 aromatic rings. The average molecular weight is 545 g/mol. The molecule has 2 aliphatic rings. The van der Waals surface area contributed by atoms with Crippen LogP contribution in [0.25, 0.3) is 0 Å². The fraction of sp³-hybridized carbons (Fsp3) is 0.611. The molecule has 0 N–H and O–H groups in total. The number of carbonyl (C=O) groups is 2. The quantitative estimate of drug-likeness (QED) is 0.214. The topological polar surface area (TPSA) is 40.6 Å². The third kappa shape index (κ3) is 10.7. The maximum Gasteiger partial charge on any atom is 0.222 e. The Labute approximate surface area is 243 Å². The van der Waals surface area contributed by atoms with Crippen molar-refractivity contribution in [1.82, 2.24) is 9.80 Å². The van der Waals surface area contributed by atoms with E-state index in [1.165, 1.54) is 36.8 Å². The van der Waals surface area contributed by atoms with Crippen LogP contribution in [0.3, 0.4) is 0 Å². The van der Waals surface area contributed by atoms with Crippen LogP contribution in [-0.2, 0) is 22.4 Å². The molecule has 2 fully saturated rings. The highest BCUT2D eigenvalue weighted by Gasteiger charge is 2.23. The van der Waals surface area contributed by atoms with Crippen molar-refractivity contribution in [1.29, 1.82) is 0 Å². The Balaban J connectivity index is 0.936. The lowest BCUT2D eigenvalue weighted by Crippen LogP contribution is -2.38. The number of piperidine rings is 2. The fourth-order valence-electron chi connectivity index (χ4n) is 6.60. The van der Waals surface area contributed by atoms with E-state index in [0.717, 1.165) is 103 Å². The van der Waals surface area contributed by atoms with Crippen LogP contribution in [0.5, 0.6) is 0 Å². The van der Waals surface area contributed by atoms with Crippen LogP contribution < -0.4 is 0 Å². The Hall–Kier alpha value is -2.62. The zero-order chi connectivity index (χ0) is 27.8. The largest absolute Gasteiger partial charge is 0.343 e. The molecule has 40 heavy (non-hydrogen) atoms. The van der Waals surface area contributed by atoms with E-state index in [0.29, 0.717) is 23.7 Å². The molecule has 4 nitrogen and oxygen atoms in total. The Morgan fingerprint density at radius 1 is 0.500 bits per heavy atom. The highest BCUT2D eigenvalue weighted by Crippen LogP contribution is 2.24. The standard InChI is InChI=1S/C36H52N2O2/c39-35(37-25-21-33(22-26-37)29-31-15-9-7-10-16-31)19-13-5-3-1-2-4-6-14-20-36(40)38-27-23-34(24-28-38)30-32-17-11-8-12-18-32/h7-12,15-18,33-34H,1-6,13-14,19-30H2. The summed E-state index contributed by atoms with van der Waals surface area (Å²) in [5.74, 6) is 2.16. The third-order valence-electron chi connectivity index (χ3n) is 9.20. The number of carbonyl (C=O) groups excluding carboxylic acids is 2. The normalized spacial score (nSPS) is 16.8. The van der Waals surface area contributed by atoms with E-state index < -0.39 is 0 Å². The first-order valence-corrected chi connectivity index (χ1v) is 16.3. The second kappa shape index (κ2) is 17.3. The molecule has 2 saturated heterocycles. The zero-order valence-electron chi connectivity index (χ0n) is 24.8. The van der Waals surface area contributed by atoms with E-state index in [1.54, 1.807) is 0 Å². The summed E-state index contributed by atoms with van der Waals surface area (Å²) < 4.78 is 0. The number of nitrogens with zero attached hydrogens (tertiary/aromatic N) is 2. The zero-order valence-corrected chi connectivity index (χ0v) is 24.8. The van der Waals surface area contributed by atoms with Crippen molar-refractivity contribution in [2.45, 2.75) is 103 Å². The molecule has 0 atom stereocenters. The summed E-state index contributed by atoms with van der Waals surface area (Å²) in [5, 5.41) is 0. The van der Waals surface area contributed by atoms with Crippen LogP contribution in [0.15, 0.2) is 60.7 Å². The average Bonchev–Trinajstić information content (AvgIpc) is 2.99. The number of amides is 2. The maximum atomic E-state index is 12.6. The minimum atomic E-state index is 0.364. The van der Waals surface area contributed by atoms with E-state index in [-0.39, 0.29) is 0 Å². The lowest BCUT2D eigenvalue weighted by Gasteiger charge is -2.32. The number of benzene rings is 2. The smallest absolute Gasteiger partial charge is 0.222 e. The Kier molecular flexibility index (Phi) is 13.1. The summed E-state index contributed by atoms with van der Waals surface area (Å²) in [4.78, 5) is 29.5. The van der Waals surface area contributed by atoms with Gasteiger partial charge >= 0.3 is 0 Å². The van der Waals surface area contributed by atoms with Crippen LogP contribution in [0.4, 0.5) is 0 Å². The maximum absolute atomic E-state index is 12.6. The molecule has 0 saturated carbocycles. The molecular weight excluding hydrogens is 492 g/mol.